The zero-order chi connectivity index (χ0) is 23.9. The number of aliphatic hydroxyl groups excluding tert-OH is 3. The molecular weight excluding hydrogens is 479 g/mol. The second-order valence-electron chi connectivity index (χ2n) is 8.47. The van der Waals surface area contributed by atoms with Crippen molar-refractivity contribution in [2.45, 2.75) is 24.2 Å². The lowest BCUT2D eigenvalue weighted by Gasteiger charge is -2.50. The molecule has 4 rings (SSSR count). The average molecular weight is 501 g/mol. The van der Waals surface area contributed by atoms with Crippen molar-refractivity contribution in [3.8, 4) is 5.75 Å². The molecule has 33 heavy (non-hydrogen) atoms. The third-order valence-electron chi connectivity index (χ3n) is 6.64. The first-order valence-electron chi connectivity index (χ1n) is 9.69. The lowest BCUT2D eigenvalue weighted by molar-refractivity contribution is -0.149. The summed E-state index contributed by atoms with van der Waals surface area (Å²) in [7, 11) is 3.03. The summed E-state index contributed by atoms with van der Waals surface area (Å²) in [6, 6.07) is 1.30. The van der Waals surface area contributed by atoms with Gasteiger partial charge in [0, 0.05) is 28.0 Å². The van der Waals surface area contributed by atoms with Crippen LogP contribution >= 0.6 is 24.0 Å². The molecule has 178 valence electrons. The Balaban J connectivity index is 0.00000306. The van der Waals surface area contributed by atoms with Gasteiger partial charge in [-0.15, -0.1) is 12.4 Å². The summed E-state index contributed by atoms with van der Waals surface area (Å²) in [5.41, 5.74) is 0.739. The Morgan fingerprint density at radius 2 is 1.82 bits per heavy atom. The van der Waals surface area contributed by atoms with Crippen LogP contribution in [-0.2, 0) is 9.59 Å². The number of amides is 1. The summed E-state index contributed by atoms with van der Waals surface area (Å²) in [5, 5.41) is 54.5. The zero-order valence-electron chi connectivity index (χ0n) is 17.4. The fourth-order valence-corrected chi connectivity index (χ4v) is 5.52. The van der Waals surface area contributed by atoms with Gasteiger partial charge in [-0.2, -0.15) is 0 Å². The SMILES string of the molecule is CN(C)[C@@H]1C(O)=C(C(N)=O)C(=O)C2(O)C(O)=C3C(=O)c4c(O)ccc(Cl)c4C(O)C3CC12.Cl. The minimum atomic E-state index is -2.77. The number of hydrogen-bond donors (Lipinski definition) is 6. The van der Waals surface area contributed by atoms with E-state index in [1.807, 2.05) is 0 Å². The molecule has 0 heterocycles. The molecule has 1 aromatic rings. The van der Waals surface area contributed by atoms with Crippen LogP contribution in [0.3, 0.4) is 0 Å². The minimum absolute atomic E-state index is 0. The highest BCUT2D eigenvalue weighted by Gasteiger charge is 2.64. The van der Waals surface area contributed by atoms with Gasteiger partial charge in [-0.25, -0.2) is 0 Å². The van der Waals surface area contributed by atoms with Crippen LogP contribution in [0.5, 0.6) is 5.75 Å². The van der Waals surface area contributed by atoms with Crippen LogP contribution in [0.4, 0.5) is 0 Å². The van der Waals surface area contributed by atoms with Gasteiger partial charge in [-0.3, -0.25) is 19.3 Å². The maximum atomic E-state index is 13.3. The smallest absolute Gasteiger partial charge is 0.255 e. The summed E-state index contributed by atoms with van der Waals surface area (Å²) in [4.78, 5) is 39.7. The fraction of sp³-hybridized carbons (Fsp3) is 0.381. The number of carbonyl (C=O) groups excluding carboxylic acids is 3. The monoisotopic (exact) mass is 500 g/mol. The highest BCUT2D eigenvalue weighted by Crippen LogP contribution is 2.55. The van der Waals surface area contributed by atoms with Crippen LogP contribution in [0.25, 0.3) is 0 Å². The lowest BCUT2D eigenvalue weighted by Crippen LogP contribution is -2.64. The third kappa shape index (κ3) is 3.09. The summed E-state index contributed by atoms with van der Waals surface area (Å²) in [5.74, 6) is -8.18. The highest BCUT2D eigenvalue weighted by molar-refractivity contribution is 6.33. The molecular formula is C21H22Cl2N2O8. The molecule has 0 saturated heterocycles. The second-order valence-corrected chi connectivity index (χ2v) is 8.88. The van der Waals surface area contributed by atoms with E-state index in [1.165, 1.54) is 25.1 Å². The molecule has 10 nitrogen and oxygen atoms in total. The van der Waals surface area contributed by atoms with Gasteiger partial charge in [0.2, 0.25) is 5.78 Å². The number of ketones is 2. The van der Waals surface area contributed by atoms with Crippen LogP contribution in [0, 0.1) is 11.8 Å². The van der Waals surface area contributed by atoms with E-state index in [-0.39, 0.29) is 35.0 Å². The molecule has 0 bridgehead atoms. The maximum Gasteiger partial charge on any atom is 0.255 e. The number of benzene rings is 1. The number of hydrogen-bond acceptors (Lipinski definition) is 9. The van der Waals surface area contributed by atoms with Crippen molar-refractivity contribution < 1.29 is 39.9 Å². The van der Waals surface area contributed by atoms with Crippen LogP contribution < -0.4 is 5.73 Å². The van der Waals surface area contributed by atoms with Gasteiger partial charge >= 0.3 is 0 Å². The van der Waals surface area contributed by atoms with Crippen LogP contribution in [0.2, 0.25) is 5.02 Å². The maximum absolute atomic E-state index is 13.3. The molecule has 0 saturated carbocycles. The van der Waals surface area contributed by atoms with Crippen molar-refractivity contribution in [2.75, 3.05) is 14.1 Å². The highest BCUT2D eigenvalue weighted by atomic mass is 35.5. The molecule has 5 atom stereocenters. The Labute approximate surface area is 199 Å². The van der Waals surface area contributed by atoms with Gasteiger partial charge in [0.15, 0.2) is 11.4 Å². The van der Waals surface area contributed by atoms with Crippen LogP contribution in [-0.4, -0.2) is 73.6 Å². The average Bonchev–Trinajstić information content (AvgIpc) is 2.69. The number of carbonyl (C=O) groups is 3. The summed E-state index contributed by atoms with van der Waals surface area (Å²) >= 11 is 6.17. The molecule has 3 aliphatic rings. The number of fused-ring (bicyclic) bond motifs is 3. The number of aliphatic hydroxyl groups is 4. The van der Waals surface area contributed by atoms with E-state index in [0.29, 0.717) is 0 Å². The van der Waals surface area contributed by atoms with E-state index in [0.717, 1.165) is 6.07 Å². The normalized spacial score (nSPS) is 31.1. The van der Waals surface area contributed by atoms with E-state index >= 15 is 0 Å². The van der Waals surface area contributed by atoms with E-state index in [4.69, 9.17) is 17.3 Å². The van der Waals surface area contributed by atoms with Crippen molar-refractivity contribution in [3.63, 3.8) is 0 Å². The molecule has 7 N–H and O–H groups in total. The predicted octanol–water partition coefficient (Wildman–Crippen LogP) is 0.687. The summed E-state index contributed by atoms with van der Waals surface area (Å²) in [6.45, 7) is 0. The Morgan fingerprint density at radius 3 is 2.36 bits per heavy atom. The van der Waals surface area contributed by atoms with E-state index in [2.05, 4.69) is 0 Å². The topological polar surface area (TPSA) is 182 Å². The predicted molar refractivity (Wildman–Crippen MR) is 117 cm³/mol. The molecule has 4 unspecified atom stereocenters. The van der Waals surface area contributed by atoms with Gasteiger partial charge in [-0.1, -0.05) is 11.6 Å². The van der Waals surface area contributed by atoms with E-state index in [9.17, 15) is 39.9 Å². The number of phenolic OH excluding ortho intramolecular Hbond substituents is 1. The number of phenols is 1. The van der Waals surface area contributed by atoms with Crippen molar-refractivity contribution >= 4 is 41.5 Å². The standard InChI is InChI=1S/C21H21ClN2O8.ClH/c1-24(2)14-7-5-6-10(16(27)12-9(25)4-3-8(22)11(12)15(6)26)18(29)21(7,32)19(30)13(17(14)28)20(23)31;/h3-4,6-7,14-15,25-26,28-29,32H,5H2,1-2H3,(H2,23,31);1H/t6?,7?,14-,15?,21?;/m0./s1. The van der Waals surface area contributed by atoms with Gasteiger partial charge < -0.3 is 31.3 Å². The lowest BCUT2D eigenvalue weighted by atomic mass is 9.58. The van der Waals surface area contributed by atoms with Crippen molar-refractivity contribution in [2.24, 2.45) is 17.6 Å². The first-order valence-corrected chi connectivity index (χ1v) is 10.1. The van der Waals surface area contributed by atoms with Crippen LogP contribution in [0.15, 0.2) is 34.8 Å². The molecule has 0 aromatic heterocycles. The third-order valence-corrected chi connectivity index (χ3v) is 6.97. The van der Waals surface area contributed by atoms with E-state index < -0.39 is 75.5 Å². The molecule has 0 aliphatic heterocycles. The molecule has 12 heteroatoms. The second kappa shape index (κ2) is 8.00. The number of primary amides is 1. The number of nitrogens with two attached hydrogens (primary N) is 1. The molecule has 0 spiro atoms. The molecule has 1 amide bonds. The Bertz CT molecular complexity index is 1160. The number of likely N-dealkylation sites (N-methyl/N-ethyl adjacent to an activating group) is 1. The number of aromatic hydroxyl groups is 1. The van der Waals surface area contributed by atoms with Gasteiger partial charge in [0.05, 0.1) is 17.7 Å². The Hall–Kier alpha value is -2.63. The van der Waals surface area contributed by atoms with Gasteiger partial charge in [0.1, 0.15) is 22.8 Å². The molecule has 3 aliphatic carbocycles. The largest absolute Gasteiger partial charge is 0.510 e. The quantitative estimate of drug-likeness (QED) is 0.318. The number of Topliss-reactive ketones (excluding diaryl/α,β-unsaturated/α-hetero) is 2. The zero-order valence-corrected chi connectivity index (χ0v) is 19.0. The van der Waals surface area contributed by atoms with Crippen molar-refractivity contribution in [3.05, 3.63) is 50.9 Å². The number of nitrogens with zero attached hydrogens (tertiary/aromatic N) is 1. The molecule has 0 fully saturated rings. The van der Waals surface area contributed by atoms with Crippen LogP contribution in [0.1, 0.15) is 28.4 Å². The number of halogens is 2. The first-order chi connectivity index (χ1) is 14.8. The van der Waals surface area contributed by atoms with Gasteiger partial charge in [-0.05, 0) is 32.6 Å². The minimum Gasteiger partial charge on any atom is -0.510 e. The molecule has 0 radical (unpaired) electrons. The Morgan fingerprint density at radius 1 is 1.21 bits per heavy atom. The number of rotatable bonds is 2. The van der Waals surface area contributed by atoms with E-state index in [1.54, 1.807) is 0 Å². The summed E-state index contributed by atoms with van der Waals surface area (Å²) < 4.78 is 0. The fourth-order valence-electron chi connectivity index (χ4n) is 5.25. The first kappa shape index (κ1) is 25.0. The van der Waals surface area contributed by atoms with Crippen molar-refractivity contribution in [1.29, 1.82) is 0 Å². The van der Waals surface area contributed by atoms with Crippen molar-refractivity contribution in [1.82, 2.24) is 4.90 Å². The van der Waals surface area contributed by atoms with Gasteiger partial charge in [0.25, 0.3) is 5.91 Å². The Kier molecular flexibility index (Phi) is 6.06. The summed E-state index contributed by atoms with van der Waals surface area (Å²) in [6.07, 6.45) is -1.70. The molecule has 1 aromatic carbocycles.